The molecule has 6 heteroatoms. The largest absolute Gasteiger partial charge is 1.00 e. The van der Waals surface area contributed by atoms with Crippen molar-refractivity contribution in [3.05, 3.63) is 0 Å². The molecule has 0 fully saturated rings. The number of carboxylic acid groups (broad SMARTS) is 2. The molecule has 0 aromatic rings. The normalized spacial score (nSPS) is 7.60. The molecule has 0 saturated carbocycles. The monoisotopic (exact) mass is 154 g/mol. The van der Waals surface area contributed by atoms with Gasteiger partial charge in [-0.2, -0.15) is 0 Å². The predicted molar refractivity (Wildman–Crippen MR) is 22.3 cm³/mol. The van der Waals surface area contributed by atoms with Crippen molar-refractivity contribution < 1.29 is 54.2 Å². The Balaban J connectivity index is 0. The summed E-state index contributed by atoms with van der Waals surface area (Å²) in [4.78, 5) is 29.0. The molecule has 0 heterocycles. The third-order valence-electron chi connectivity index (χ3n) is 0.539. The van der Waals surface area contributed by atoms with Crippen molar-refractivity contribution in [1.82, 2.24) is 0 Å². The smallest absolute Gasteiger partial charge is 0.542 e. The molecule has 0 unspecified atom stereocenters. The Morgan fingerprint density at radius 3 is 1.80 bits per heavy atom. The van der Waals surface area contributed by atoms with Gasteiger partial charge < -0.3 is 15.0 Å². The number of aliphatic carboxylic acids is 2. The van der Waals surface area contributed by atoms with Gasteiger partial charge in [-0.25, -0.2) is 0 Å². The van der Waals surface area contributed by atoms with Crippen molar-refractivity contribution in [3.63, 3.8) is 0 Å². The molecule has 0 atom stereocenters. The van der Waals surface area contributed by atoms with Crippen LogP contribution in [0.25, 0.3) is 0 Å². The molecule has 0 bridgehead atoms. The molecule has 0 amide bonds. The fourth-order valence-corrected chi connectivity index (χ4v) is 0.210. The molecule has 0 aliphatic rings. The van der Waals surface area contributed by atoms with Gasteiger partial charge in [0.1, 0.15) is 12.4 Å². The Labute approximate surface area is 78.3 Å². The second kappa shape index (κ2) is 5.40. The summed E-state index contributed by atoms with van der Waals surface area (Å²) in [6, 6.07) is 0. The van der Waals surface area contributed by atoms with Crippen molar-refractivity contribution in [2.75, 3.05) is 0 Å². The molecule has 0 aliphatic carbocycles. The van der Waals surface area contributed by atoms with E-state index < -0.39 is 24.1 Å². The van der Waals surface area contributed by atoms with E-state index in [1.165, 1.54) is 0 Å². The molecule has 0 rings (SSSR count). The standard InChI is InChI=1S/C4H4O5.Na/c5-2(4(8)9)1-3(6)7;/h1H2,(H,6,7)(H,8,9);/q;+1/p-1. The van der Waals surface area contributed by atoms with E-state index in [1.807, 2.05) is 0 Å². The van der Waals surface area contributed by atoms with Crippen LogP contribution < -0.4 is 34.7 Å². The Kier molecular flexibility index (Phi) is 6.64. The Morgan fingerprint density at radius 2 is 1.70 bits per heavy atom. The minimum atomic E-state index is -1.96. The first-order valence-electron chi connectivity index (χ1n) is 2.00. The zero-order valence-corrected chi connectivity index (χ0v) is 7.29. The molecule has 0 radical (unpaired) electrons. The molecule has 0 aliphatic heterocycles. The summed E-state index contributed by atoms with van der Waals surface area (Å²) in [5.74, 6) is -4.84. The second-order valence-corrected chi connectivity index (χ2v) is 1.28. The number of carbonyl (C=O) groups excluding carboxylic acids is 2. The summed E-state index contributed by atoms with van der Waals surface area (Å²) < 4.78 is 0. The van der Waals surface area contributed by atoms with Crippen LogP contribution >= 0.6 is 0 Å². The van der Waals surface area contributed by atoms with Crippen molar-refractivity contribution in [2.45, 2.75) is 6.42 Å². The van der Waals surface area contributed by atoms with Crippen molar-refractivity contribution >= 4 is 17.7 Å². The number of ketones is 1. The minimum absolute atomic E-state index is 0. The number of carboxylic acids is 2. The summed E-state index contributed by atoms with van der Waals surface area (Å²) in [5, 5.41) is 17.3. The molecule has 0 spiro atoms. The number of rotatable bonds is 3. The van der Waals surface area contributed by atoms with Gasteiger partial charge in [-0.3, -0.25) is 9.59 Å². The first kappa shape index (κ1) is 12.3. The Hall–Kier alpha value is -0.390. The van der Waals surface area contributed by atoms with Crippen LogP contribution in [0.15, 0.2) is 0 Å². The maximum atomic E-state index is 9.91. The van der Waals surface area contributed by atoms with Crippen molar-refractivity contribution in [3.8, 4) is 0 Å². The van der Waals surface area contributed by atoms with Crippen LogP contribution in [-0.2, 0) is 14.4 Å². The Bertz CT molecular complexity index is 163. The third-order valence-corrected chi connectivity index (χ3v) is 0.539. The van der Waals surface area contributed by atoms with Gasteiger partial charge in [-0.15, -0.1) is 0 Å². The van der Waals surface area contributed by atoms with Crippen LogP contribution in [-0.4, -0.2) is 22.8 Å². The third kappa shape index (κ3) is 5.74. The van der Waals surface area contributed by atoms with E-state index in [2.05, 4.69) is 0 Å². The first-order chi connectivity index (χ1) is 4.04. The molecular weight excluding hydrogens is 151 g/mol. The van der Waals surface area contributed by atoms with Gasteiger partial charge in [0.15, 0.2) is 5.78 Å². The topological polar surface area (TPSA) is 94.5 Å². The summed E-state index contributed by atoms with van der Waals surface area (Å²) in [7, 11) is 0. The first-order valence-corrected chi connectivity index (χ1v) is 2.00. The molecule has 0 aromatic heterocycles. The summed E-state index contributed by atoms with van der Waals surface area (Å²) in [6.45, 7) is 0. The summed E-state index contributed by atoms with van der Waals surface area (Å²) >= 11 is 0. The van der Waals surface area contributed by atoms with Gasteiger partial charge in [0.25, 0.3) is 0 Å². The van der Waals surface area contributed by atoms with Gasteiger partial charge >= 0.3 is 35.5 Å². The van der Waals surface area contributed by atoms with Crippen LogP contribution in [0.1, 0.15) is 6.42 Å². The molecule has 10 heavy (non-hydrogen) atoms. The SMILES string of the molecule is O=C(O)CC(=O)C(=O)[O-].[Na+]. The van der Waals surface area contributed by atoms with E-state index in [4.69, 9.17) is 5.11 Å². The zero-order chi connectivity index (χ0) is 7.44. The van der Waals surface area contributed by atoms with E-state index in [-0.39, 0.29) is 29.6 Å². The quantitative estimate of drug-likeness (QED) is 0.249. The molecule has 0 saturated heterocycles. The van der Waals surface area contributed by atoms with Crippen molar-refractivity contribution in [1.29, 1.82) is 0 Å². The number of carbonyl (C=O) groups is 3. The average Bonchev–Trinajstić information content (AvgIpc) is 1.63. The zero-order valence-electron chi connectivity index (χ0n) is 5.29. The maximum absolute atomic E-state index is 9.91. The van der Waals surface area contributed by atoms with E-state index in [0.29, 0.717) is 0 Å². The van der Waals surface area contributed by atoms with Gasteiger partial charge in [0, 0.05) is 0 Å². The summed E-state index contributed by atoms with van der Waals surface area (Å²) in [5.41, 5.74) is 0. The minimum Gasteiger partial charge on any atom is -0.542 e. The second-order valence-electron chi connectivity index (χ2n) is 1.28. The number of Topliss-reactive ketones (excluding diaryl/α,β-unsaturated/α-hetero) is 1. The van der Waals surface area contributed by atoms with Gasteiger partial charge in [-0.1, -0.05) is 0 Å². The van der Waals surface area contributed by atoms with Crippen LogP contribution in [0.2, 0.25) is 0 Å². The van der Waals surface area contributed by atoms with E-state index in [0.717, 1.165) is 0 Å². The van der Waals surface area contributed by atoms with Crippen LogP contribution in [0.3, 0.4) is 0 Å². The fraction of sp³-hybridized carbons (Fsp3) is 0.250. The number of hydrogen-bond donors (Lipinski definition) is 1. The van der Waals surface area contributed by atoms with Gasteiger partial charge in [0.2, 0.25) is 0 Å². The van der Waals surface area contributed by atoms with E-state index in [1.54, 1.807) is 0 Å². The van der Waals surface area contributed by atoms with Gasteiger partial charge in [0.05, 0.1) is 0 Å². The van der Waals surface area contributed by atoms with Crippen LogP contribution in [0.5, 0.6) is 0 Å². The maximum Gasteiger partial charge on any atom is 1.00 e. The molecule has 50 valence electrons. The van der Waals surface area contributed by atoms with E-state index in [9.17, 15) is 19.5 Å². The van der Waals surface area contributed by atoms with Gasteiger partial charge in [-0.05, 0) is 0 Å². The average molecular weight is 154 g/mol. The molecule has 0 aromatic carbocycles. The number of hydrogen-bond acceptors (Lipinski definition) is 4. The van der Waals surface area contributed by atoms with Crippen LogP contribution in [0.4, 0.5) is 0 Å². The molecule has 5 nitrogen and oxygen atoms in total. The predicted octanol–water partition coefficient (Wildman–Crippen LogP) is -5.22. The summed E-state index contributed by atoms with van der Waals surface area (Å²) in [6.07, 6.45) is -1.01. The van der Waals surface area contributed by atoms with Crippen molar-refractivity contribution in [2.24, 2.45) is 0 Å². The van der Waals surface area contributed by atoms with E-state index >= 15 is 0 Å². The molecular formula is C4H3NaO5. The Morgan fingerprint density at radius 1 is 1.30 bits per heavy atom. The molecule has 1 N–H and O–H groups in total. The fourth-order valence-electron chi connectivity index (χ4n) is 0.210. The van der Waals surface area contributed by atoms with Crippen LogP contribution in [0, 0.1) is 0 Å².